The van der Waals surface area contributed by atoms with Gasteiger partial charge in [-0.3, -0.25) is 4.79 Å². The highest BCUT2D eigenvalue weighted by Crippen LogP contribution is 2.31. The van der Waals surface area contributed by atoms with Crippen LogP contribution in [-0.2, 0) is 23.9 Å². The van der Waals surface area contributed by atoms with Crippen LogP contribution < -0.4 is 15.4 Å². The van der Waals surface area contributed by atoms with Gasteiger partial charge in [-0.15, -0.1) is 0 Å². The van der Waals surface area contributed by atoms with Gasteiger partial charge in [-0.2, -0.15) is 13.2 Å². The number of hydrogen-bond donors (Lipinski definition) is 2. The Hall–Kier alpha value is -3.26. The summed E-state index contributed by atoms with van der Waals surface area (Å²) < 4.78 is 45.0. The maximum atomic E-state index is 13.3. The molecule has 1 aromatic heterocycles. The molecule has 0 spiro atoms. The van der Waals surface area contributed by atoms with Crippen molar-refractivity contribution >= 4 is 29.0 Å². The summed E-state index contributed by atoms with van der Waals surface area (Å²) in [5.41, 5.74) is 0.466. The molecule has 1 heterocycles. The third-order valence-electron chi connectivity index (χ3n) is 4.35. The van der Waals surface area contributed by atoms with Gasteiger partial charge in [-0.25, -0.2) is 4.98 Å². The number of ether oxygens (including phenoxy) is 1. The molecule has 0 bridgehead atoms. The smallest absolute Gasteiger partial charge is 0.433 e. The van der Waals surface area contributed by atoms with Crippen molar-refractivity contribution in [2.75, 3.05) is 17.7 Å². The molecule has 2 aromatic carbocycles. The van der Waals surface area contributed by atoms with Crippen LogP contribution in [0.25, 0.3) is 0 Å². The van der Waals surface area contributed by atoms with Crippen molar-refractivity contribution < 1.29 is 22.7 Å². The van der Waals surface area contributed by atoms with Crippen LogP contribution in [0.2, 0.25) is 5.02 Å². The maximum Gasteiger partial charge on any atom is 0.433 e. The minimum atomic E-state index is -4.67. The lowest BCUT2D eigenvalue weighted by atomic mass is 10.1. The molecule has 2 N–H and O–H groups in total. The Labute approximate surface area is 182 Å². The number of carbonyl (C=O) groups is 1. The minimum Gasteiger partial charge on any atom is -0.497 e. The fourth-order valence-electron chi connectivity index (χ4n) is 2.79. The summed E-state index contributed by atoms with van der Waals surface area (Å²) >= 11 is 6.04. The molecule has 1 amide bonds. The third-order valence-corrected chi connectivity index (χ3v) is 4.72. The van der Waals surface area contributed by atoms with Gasteiger partial charge in [0.2, 0.25) is 5.91 Å². The van der Waals surface area contributed by atoms with E-state index in [1.165, 1.54) is 6.07 Å². The average Bonchev–Trinajstić information content (AvgIpc) is 2.73. The molecule has 31 heavy (non-hydrogen) atoms. The van der Waals surface area contributed by atoms with E-state index in [-0.39, 0.29) is 24.5 Å². The van der Waals surface area contributed by atoms with Gasteiger partial charge in [0.05, 0.1) is 13.5 Å². The number of pyridine rings is 1. The summed E-state index contributed by atoms with van der Waals surface area (Å²) in [5.74, 6) is -0.0549. The normalized spacial score (nSPS) is 11.1. The summed E-state index contributed by atoms with van der Waals surface area (Å²) in [7, 11) is 1.55. The first-order valence-electron chi connectivity index (χ1n) is 9.24. The van der Waals surface area contributed by atoms with Gasteiger partial charge in [0, 0.05) is 23.3 Å². The quantitative estimate of drug-likeness (QED) is 0.496. The van der Waals surface area contributed by atoms with Gasteiger partial charge in [0.15, 0.2) is 0 Å². The number of hydrogen-bond acceptors (Lipinski definition) is 4. The van der Waals surface area contributed by atoms with Crippen molar-refractivity contribution in [3.63, 3.8) is 0 Å². The second kappa shape index (κ2) is 9.70. The fraction of sp³-hybridized carbons (Fsp3) is 0.182. The highest BCUT2D eigenvalue weighted by Gasteiger charge is 2.33. The van der Waals surface area contributed by atoms with E-state index in [2.05, 4.69) is 15.6 Å². The standard InChI is InChI=1S/C22H19ClF3N3O2/c1-31-17-8-6-14(7-9-17)13-27-16-11-19(22(24,25)26)28-20(12-16)29-21(30)10-15-4-2-3-5-18(15)23/h2-9,11-12H,10,13H2,1H3,(H2,27,28,29,30). The van der Waals surface area contributed by atoms with Crippen LogP contribution in [0.4, 0.5) is 24.7 Å². The third kappa shape index (κ3) is 6.36. The highest BCUT2D eigenvalue weighted by molar-refractivity contribution is 6.31. The Morgan fingerprint density at radius 2 is 1.81 bits per heavy atom. The SMILES string of the molecule is COc1ccc(CNc2cc(NC(=O)Cc3ccccc3Cl)nc(C(F)(F)F)c2)cc1. The Kier molecular flexibility index (Phi) is 7.02. The van der Waals surface area contributed by atoms with Crippen LogP contribution >= 0.6 is 11.6 Å². The number of alkyl halides is 3. The molecule has 9 heteroatoms. The molecule has 0 aliphatic rings. The number of aromatic nitrogens is 1. The van der Waals surface area contributed by atoms with Crippen LogP contribution in [0.5, 0.6) is 5.75 Å². The number of benzene rings is 2. The summed E-state index contributed by atoms with van der Waals surface area (Å²) in [6, 6.07) is 16.1. The Balaban J connectivity index is 1.76. The van der Waals surface area contributed by atoms with Crippen LogP contribution in [0, 0.1) is 0 Å². The van der Waals surface area contributed by atoms with Crippen LogP contribution in [0.3, 0.4) is 0 Å². The molecule has 5 nitrogen and oxygen atoms in total. The van der Waals surface area contributed by atoms with Crippen LogP contribution in [0.1, 0.15) is 16.8 Å². The lowest BCUT2D eigenvalue weighted by molar-refractivity contribution is -0.141. The molecule has 0 aliphatic carbocycles. The van der Waals surface area contributed by atoms with Crippen LogP contribution in [-0.4, -0.2) is 18.0 Å². The van der Waals surface area contributed by atoms with Gasteiger partial charge >= 0.3 is 6.18 Å². The molecule has 0 saturated carbocycles. The van der Waals surface area contributed by atoms with E-state index >= 15 is 0 Å². The number of methoxy groups -OCH3 is 1. The van der Waals surface area contributed by atoms with Crippen molar-refractivity contribution in [1.82, 2.24) is 4.98 Å². The molecule has 162 valence electrons. The molecule has 0 radical (unpaired) electrons. The number of amides is 1. The fourth-order valence-corrected chi connectivity index (χ4v) is 2.99. The number of halogens is 4. The molecule has 0 saturated heterocycles. The minimum absolute atomic E-state index is 0.0911. The highest BCUT2D eigenvalue weighted by atomic mass is 35.5. The molecule has 0 fully saturated rings. The lowest BCUT2D eigenvalue weighted by Crippen LogP contribution is -2.18. The van der Waals surface area contributed by atoms with Crippen molar-refractivity contribution in [3.8, 4) is 5.75 Å². The zero-order valence-corrected chi connectivity index (χ0v) is 17.2. The van der Waals surface area contributed by atoms with Crippen molar-refractivity contribution in [1.29, 1.82) is 0 Å². The summed E-state index contributed by atoms with van der Waals surface area (Å²) in [6.07, 6.45) is -4.76. The van der Waals surface area contributed by atoms with Crippen molar-refractivity contribution in [2.45, 2.75) is 19.1 Å². The monoisotopic (exact) mass is 449 g/mol. The Morgan fingerprint density at radius 1 is 1.10 bits per heavy atom. The van der Waals surface area contributed by atoms with Gasteiger partial charge in [0.25, 0.3) is 0 Å². The van der Waals surface area contributed by atoms with Gasteiger partial charge in [0.1, 0.15) is 17.3 Å². The number of rotatable bonds is 7. The summed E-state index contributed by atoms with van der Waals surface area (Å²) in [6.45, 7) is 0.276. The van der Waals surface area contributed by atoms with Gasteiger partial charge in [-0.1, -0.05) is 41.9 Å². The predicted molar refractivity (Wildman–Crippen MR) is 113 cm³/mol. The molecular weight excluding hydrogens is 431 g/mol. The van der Waals surface area contributed by atoms with E-state index in [9.17, 15) is 18.0 Å². The second-order valence-electron chi connectivity index (χ2n) is 6.64. The van der Waals surface area contributed by atoms with E-state index in [1.807, 2.05) is 0 Å². The van der Waals surface area contributed by atoms with Crippen molar-refractivity contribution in [2.24, 2.45) is 0 Å². The topological polar surface area (TPSA) is 63.2 Å². The van der Waals surface area contributed by atoms with Gasteiger partial charge in [-0.05, 0) is 35.4 Å². The van der Waals surface area contributed by atoms with E-state index in [1.54, 1.807) is 55.6 Å². The van der Waals surface area contributed by atoms with E-state index in [0.717, 1.165) is 11.6 Å². The number of carbonyl (C=O) groups excluding carboxylic acids is 1. The van der Waals surface area contributed by atoms with E-state index in [0.29, 0.717) is 16.3 Å². The zero-order valence-electron chi connectivity index (χ0n) is 16.5. The predicted octanol–water partition coefficient (Wildman–Crippen LogP) is 5.56. The molecule has 0 unspecified atom stereocenters. The largest absolute Gasteiger partial charge is 0.497 e. The average molecular weight is 450 g/mol. The first kappa shape index (κ1) is 22.4. The first-order chi connectivity index (χ1) is 14.7. The number of anilines is 2. The molecule has 3 rings (SSSR count). The van der Waals surface area contributed by atoms with Gasteiger partial charge < -0.3 is 15.4 Å². The molecule has 0 atom stereocenters. The summed E-state index contributed by atoms with van der Waals surface area (Å²) in [5, 5.41) is 5.75. The Bertz CT molecular complexity index is 1060. The molecular formula is C22H19ClF3N3O2. The van der Waals surface area contributed by atoms with E-state index < -0.39 is 17.8 Å². The second-order valence-corrected chi connectivity index (χ2v) is 7.05. The Morgan fingerprint density at radius 3 is 2.45 bits per heavy atom. The summed E-state index contributed by atoms with van der Waals surface area (Å²) in [4.78, 5) is 15.9. The lowest BCUT2D eigenvalue weighted by Gasteiger charge is -2.14. The van der Waals surface area contributed by atoms with Crippen molar-refractivity contribution in [3.05, 3.63) is 82.5 Å². The molecule has 0 aliphatic heterocycles. The van der Waals surface area contributed by atoms with E-state index in [4.69, 9.17) is 16.3 Å². The first-order valence-corrected chi connectivity index (χ1v) is 9.62. The maximum absolute atomic E-state index is 13.3. The number of nitrogens with zero attached hydrogens (tertiary/aromatic N) is 1. The number of nitrogens with one attached hydrogen (secondary N) is 2. The molecule has 3 aromatic rings. The zero-order chi connectivity index (χ0) is 22.4. The van der Waals surface area contributed by atoms with Crippen LogP contribution in [0.15, 0.2) is 60.7 Å².